The van der Waals surface area contributed by atoms with Crippen LogP contribution in [0.3, 0.4) is 0 Å². The summed E-state index contributed by atoms with van der Waals surface area (Å²) >= 11 is 0. The van der Waals surface area contributed by atoms with Crippen LogP contribution in [-0.2, 0) is 6.42 Å². The lowest BCUT2D eigenvalue weighted by molar-refractivity contribution is 0.349. The molecule has 1 heterocycles. The van der Waals surface area contributed by atoms with Crippen molar-refractivity contribution >= 4 is 34.6 Å². The second kappa shape index (κ2) is 11.6. The first kappa shape index (κ1) is 25.1. The van der Waals surface area contributed by atoms with Gasteiger partial charge in [-0.1, -0.05) is 93.8 Å². The van der Waals surface area contributed by atoms with E-state index in [1.807, 2.05) is 6.92 Å². The molecule has 4 aromatic rings. The molecule has 0 unspecified atom stereocenters. The molecule has 1 aliphatic rings. The summed E-state index contributed by atoms with van der Waals surface area (Å²) in [7, 11) is 0. The minimum Gasteiger partial charge on any atom is -0.344 e. The fourth-order valence-electron chi connectivity index (χ4n) is 5.58. The van der Waals surface area contributed by atoms with Gasteiger partial charge in [0.15, 0.2) is 0 Å². The van der Waals surface area contributed by atoms with E-state index in [9.17, 15) is 0 Å². The minimum absolute atomic E-state index is 0.572. The summed E-state index contributed by atoms with van der Waals surface area (Å²) < 4.78 is 2.55. The second-order valence-corrected chi connectivity index (χ2v) is 10.2. The Labute approximate surface area is 221 Å². The number of aryl methyl sites for hydroxylation is 1. The van der Waals surface area contributed by atoms with E-state index in [4.69, 9.17) is 4.99 Å². The quantitative estimate of drug-likeness (QED) is 0.217. The summed E-state index contributed by atoms with van der Waals surface area (Å²) in [5.41, 5.74) is 4.97. The molecule has 3 aromatic carbocycles. The van der Waals surface area contributed by atoms with Crippen LogP contribution in [0.15, 0.2) is 77.9 Å². The Kier molecular flexibility index (Phi) is 7.89. The monoisotopic (exact) mass is 489 g/mol. The van der Waals surface area contributed by atoms with Gasteiger partial charge in [0, 0.05) is 40.3 Å². The predicted octanol–water partition coefficient (Wildman–Crippen LogP) is 7.83. The molecule has 0 atom stereocenters. The highest BCUT2D eigenvalue weighted by Crippen LogP contribution is 2.28. The van der Waals surface area contributed by atoms with Gasteiger partial charge in [0.25, 0.3) is 0 Å². The van der Waals surface area contributed by atoms with E-state index < -0.39 is 0 Å². The SMILES string of the molecule is CC/C=c1/c(=C\N=C(C)Nc2ccc3ccccc3c2)c(-c2ccc(CC)cc2)cn1C1CCCCC1. The molecular weight excluding hydrogens is 450 g/mol. The molecule has 0 aliphatic heterocycles. The van der Waals surface area contributed by atoms with Crippen molar-refractivity contribution < 1.29 is 0 Å². The van der Waals surface area contributed by atoms with Gasteiger partial charge in [-0.2, -0.15) is 0 Å². The van der Waals surface area contributed by atoms with Crippen LogP contribution in [0.1, 0.15) is 70.9 Å². The van der Waals surface area contributed by atoms with Gasteiger partial charge in [0.1, 0.15) is 5.84 Å². The van der Waals surface area contributed by atoms with Crippen molar-refractivity contribution in [2.24, 2.45) is 4.99 Å². The third kappa shape index (κ3) is 5.72. The molecule has 5 rings (SSSR count). The molecular formula is C34H39N3. The van der Waals surface area contributed by atoms with Gasteiger partial charge in [-0.25, -0.2) is 4.99 Å². The Morgan fingerprint density at radius 2 is 1.70 bits per heavy atom. The first-order valence-electron chi connectivity index (χ1n) is 14.0. The number of amidine groups is 1. The molecule has 0 spiro atoms. The first-order chi connectivity index (χ1) is 18.2. The number of nitrogens with zero attached hydrogens (tertiary/aromatic N) is 2. The zero-order valence-corrected chi connectivity index (χ0v) is 22.5. The highest BCUT2D eigenvalue weighted by Gasteiger charge is 2.18. The van der Waals surface area contributed by atoms with Gasteiger partial charge in [-0.15, -0.1) is 0 Å². The molecule has 3 nitrogen and oxygen atoms in total. The van der Waals surface area contributed by atoms with E-state index in [1.54, 1.807) is 0 Å². The lowest BCUT2D eigenvalue weighted by Gasteiger charge is -2.23. The van der Waals surface area contributed by atoms with Crippen molar-refractivity contribution in [3.8, 4) is 11.1 Å². The Morgan fingerprint density at radius 3 is 2.43 bits per heavy atom. The van der Waals surface area contributed by atoms with Crippen LogP contribution in [0.4, 0.5) is 5.69 Å². The van der Waals surface area contributed by atoms with Gasteiger partial charge < -0.3 is 9.88 Å². The molecule has 190 valence electrons. The molecule has 1 aromatic heterocycles. The topological polar surface area (TPSA) is 29.3 Å². The Morgan fingerprint density at radius 1 is 0.946 bits per heavy atom. The van der Waals surface area contributed by atoms with E-state index in [0.717, 1.165) is 24.4 Å². The summed E-state index contributed by atoms with van der Waals surface area (Å²) in [4.78, 5) is 4.94. The fourth-order valence-corrected chi connectivity index (χ4v) is 5.58. The average Bonchev–Trinajstić information content (AvgIpc) is 3.30. The summed E-state index contributed by atoms with van der Waals surface area (Å²) in [5.74, 6) is 0.885. The van der Waals surface area contributed by atoms with Crippen molar-refractivity contribution in [1.82, 2.24) is 4.57 Å². The van der Waals surface area contributed by atoms with E-state index in [2.05, 4.69) is 109 Å². The van der Waals surface area contributed by atoms with Crippen LogP contribution in [0, 0.1) is 0 Å². The zero-order chi connectivity index (χ0) is 25.6. The second-order valence-electron chi connectivity index (χ2n) is 10.2. The highest BCUT2D eigenvalue weighted by atomic mass is 15.0. The lowest BCUT2D eigenvalue weighted by Crippen LogP contribution is -2.32. The normalized spacial score (nSPS) is 16.0. The number of anilines is 1. The van der Waals surface area contributed by atoms with Crippen molar-refractivity contribution in [2.75, 3.05) is 5.32 Å². The third-order valence-corrected chi connectivity index (χ3v) is 7.61. The van der Waals surface area contributed by atoms with E-state index in [1.165, 1.54) is 70.1 Å². The van der Waals surface area contributed by atoms with E-state index in [-0.39, 0.29) is 0 Å². The highest BCUT2D eigenvalue weighted by molar-refractivity contribution is 5.97. The largest absolute Gasteiger partial charge is 0.344 e. The van der Waals surface area contributed by atoms with Crippen molar-refractivity contribution in [3.05, 3.63) is 89.1 Å². The molecule has 1 saturated carbocycles. The summed E-state index contributed by atoms with van der Waals surface area (Å²) in [6, 6.07) is 24.6. The number of rotatable bonds is 6. The summed E-state index contributed by atoms with van der Waals surface area (Å²) in [5, 5.41) is 8.51. The average molecular weight is 490 g/mol. The molecule has 0 amide bonds. The molecule has 3 heteroatoms. The van der Waals surface area contributed by atoms with Crippen LogP contribution in [0.2, 0.25) is 0 Å². The molecule has 1 fully saturated rings. The molecule has 1 N–H and O–H groups in total. The number of hydrogen-bond acceptors (Lipinski definition) is 1. The van der Waals surface area contributed by atoms with Crippen LogP contribution < -0.4 is 15.9 Å². The van der Waals surface area contributed by atoms with Gasteiger partial charge in [-0.05, 0) is 66.6 Å². The van der Waals surface area contributed by atoms with Gasteiger partial charge in [-0.3, -0.25) is 0 Å². The van der Waals surface area contributed by atoms with E-state index >= 15 is 0 Å². The number of fused-ring (bicyclic) bond motifs is 1. The zero-order valence-electron chi connectivity index (χ0n) is 22.5. The molecule has 0 saturated heterocycles. The number of benzene rings is 3. The third-order valence-electron chi connectivity index (χ3n) is 7.61. The number of nitrogens with one attached hydrogen (secondary N) is 1. The maximum Gasteiger partial charge on any atom is 0.103 e. The lowest BCUT2D eigenvalue weighted by atomic mass is 9.95. The molecule has 1 aliphatic carbocycles. The van der Waals surface area contributed by atoms with Crippen molar-refractivity contribution in [1.29, 1.82) is 0 Å². The maximum absolute atomic E-state index is 4.94. The van der Waals surface area contributed by atoms with Crippen molar-refractivity contribution in [3.63, 3.8) is 0 Å². The van der Waals surface area contributed by atoms with Crippen LogP contribution in [0.25, 0.3) is 34.2 Å². The standard InChI is InChI=1S/C34H39N3/c1-4-11-34-32(23-35-25(3)36-30-21-20-27-12-9-10-13-29(27)22-30)33(28-18-16-26(5-2)17-19-28)24-37(34)31-14-7-6-8-15-31/h9-13,16-24,31H,4-8,14-15H2,1-3H3,(H,35,36)/b32-23-,34-11-. The van der Waals surface area contributed by atoms with Crippen molar-refractivity contribution in [2.45, 2.75) is 71.8 Å². The van der Waals surface area contributed by atoms with Gasteiger partial charge >= 0.3 is 0 Å². The molecule has 0 bridgehead atoms. The Hall–Kier alpha value is -3.59. The smallest absolute Gasteiger partial charge is 0.103 e. The minimum atomic E-state index is 0.572. The molecule has 0 radical (unpaired) electrons. The van der Waals surface area contributed by atoms with Gasteiger partial charge in [0.2, 0.25) is 0 Å². The fraction of sp³-hybridized carbons (Fsp3) is 0.324. The Balaban J connectivity index is 1.57. The predicted molar refractivity (Wildman–Crippen MR) is 161 cm³/mol. The summed E-state index contributed by atoms with van der Waals surface area (Å²) in [6.07, 6.45) is 15.4. The van der Waals surface area contributed by atoms with Crippen LogP contribution in [-0.4, -0.2) is 10.4 Å². The number of hydrogen-bond donors (Lipinski definition) is 1. The first-order valence-corrected chi connectivity index (χ1v) is 14.0. The summed E-state index contributed by atoms with van der Waals surface area (Å²) in [6.45, 7) is 6.48. The number of aliphatic imine (C=N–C) groups is 1. The van der Waals surface area contributed by atoms with Crippen LogP contribution >= 0.6 is 0 Å². The van der Waals surface area contributed by atoms with Crippen LogP contribution in [0.5, 0.6) is 0 Å². The Bertz CT molecular complexity index is 1500. The van der Waals surface area contributed by atoms with E-state index in [0.29, 0.717) is 6.04 Å². The maximum atomic E-state index is 4.94. The number of aromatic nitrogens is 1. The molecule has 37 heavy (non-hydrogen) atoms. The van der Waals surface area contributed by atoms with Gasteiger partial charge in [0.05, 0.1) is 0 Å².